The Morgan fingerprint density at radius 3 is 2.60 bits per heavy atom. The van der Waals surface area contributed by atoms with Gasteiger partial charge in [-0.25, -0.2) is 4.39 Å². The second kappa shape index (κ2) is 7.27. The number of pyridine rings is 1. The summed E-state index contributed by atoms with van der Waals surface area (Å²) >= 11 is 5.65. The molecule has 0 saturated carbocycles. The zero-order valence-electron chi connectivity index (χ0n) is 12.9. The van der Waals surface area contributed by atoms with Crippen molar-refractivity contribution in [3.05, 3.63) is 65.6 Å². The van der Waals surface area contributed by atoms with Crippen LogP contribution in [0.2, 0.25) is 5.02 Å². The lowest BCUT2D eigenvalue weighted by atomic mass is 10.2. The quantitative estimate of drug-likeness (QED) is 0.693. The van der Waals surface area contributed by atoms with Crippen LogP contribution in [0, 0.1) is 5.82 Å². The molecule has 25 heavy (non-hydrogen) atoms. The van der Waals surface area contributed by atoms with Crippen LogP contribution in [-0.2, 0) is 9.59 Å². The van der Waals surface area contributed by atoms with Crippen LogP contribution in [-0.4, -0.2) is 16.8 Å². The number of amides is 2. The maximum atomic E-state index is 13.1. The van der Waals surface area contributed by atoms with Gasteiger partial charge < -0.3 is 10.6 Å². The zero-order valence-corrected chi connectivity index (χ0v) is 13.7. The third-order valence-electron chi connectivity index (χ3n) is 3.43. The monoisotopic (exact) mass is 357 g/mol. The number of benzene rings is 2. The summed E-state index contributed by atoms with van der Waals surface area (Å²) in [4.78, 5) is 28.3. The predicted molar refractivity (Wildman–Crippen MR) is 95.0 cm³/mol. The number of halogens is 2. The van der Waals surface area contributed by atoms with Crippen LogP contribution in [0.3, 0.4) is 0 Å². The molecule has 2 amide bonds. The zero-order chi connectivity index (χ0) is 17.8. The lowest BCUT2D eigenvalue weighted by molar-refractivity contribution is -0.123. The molecule has 2 aromatic carbocycles. The summed E-state index contributed by atoms with van der Waals surface area (Å²) in [6, 6.07) is 12.8. The van der Waals surface area contributed by atoms with Gasteiger partial charge in [-0.05, 0) is 30.3 Å². The minimum atomic E-state index is -0.583. The molecule has 0 aliphatic rings. The number of nitrogens with zero attached hydrogens (tertiary/aromatic N) is 1. The summed E-state index contributed by atoms with van der Waals surface area (Å²) in [6.07, 6.45) is 1.24. The van der Waals surface area contributed by atoms with Crippen molar-refractivity contribution in [2.45, 2.75) is 6.42 Å². The molecule has 0 aliphatic carbocycles. The number of hydrogen-bond acceptors (Lipinski definition) is 3. The highest BCUT2D eigenvalue weighted by Gasteiger charge is 2.12. The number of hydrogen-bond donors (Lipinski definition) is 2. The van der Waals surface area contributed by atoms with E-state index < -0.39 is 24.1 Å². The molecular formula is C18H13ClFN3O2. The fourth-order valence-corrected chi connectivity index (χ4v) is 2.50. The number of carbonyl (C=O) groups is 2. The van der Waals surface area contributed by atoms with E-state index in [-0.39, 0.29) is 5.02 Å². The van der Waals surface area contributed by atoms with Crippen molar-refractivity contribution >= 4 is 45.7 Å². The van der Waals surface area contributed by atoms with Crippen LogP contribution in [0.1, 0.15) is 6.42 Å². The Hall–Kier alpha value is -2.99. The fourth-order valence-electron chi connectivity index (χ4n) is 2.32. The van der Waals surface area contributed by atoms with Gasteiger partial charge in [-0.15, -0.1) is 0 Å². The van der Waals surface area contributed by atoms with Crippen molar-refractivity contribution in [3.8, 4) is 0 Å². The maximum Gasteiger partial charge on any atom is 0.233 e. The van der Waals surface area contributed by atoms with E-state index in [0.717, 1.165) is 11.5 Å². The topological polar surface area (TPSA) is 71.1 Å². The highest BCUT2D eigenvalue weighted by atomic mass is 35.5. The second-order valence-corrected chi connectivity index (χ2v) is 5.69. The number of aromatic nitrogens is 1. The molecule has 3 rings (SSSR count). The molecular weight excluding hydrogens is 345 g/mol. The van der Waals surface area contributed by atoms with Gasteiger partial charge in [0.25, 0.3) is 0 Å². The molecule has 0 aliphatic heterocycles. The Balaban J connectivity index is 1.65. The van der Waals surface area contributed by atoms with E-state index in [0.29, 0.717) is 16.9 Å². The average molecular weight is 358 g/mol. The largest absolute Gasteiger partial charge is 0.326 e. The molecule has 126 valence electrons. The number of anilines is 2. The van der Waals surface area contributed by atoms with Crippen LogP contribution in [0.5, 0.6) is 0 Å². The molecule has 5 nitrogen and oxygen atoms in total. The van der Waals surface area contributed by atoms with E-state index in [2.05, 4.69) is 15.6 Å². The third-order valence-corrected chi connectivity index (χ3v) is 3.72. The molecule has 0 unspecified atom stereocenters. The van der Waals surface area contributed by atoms with Crippen LogP contribution >= 0.6 is 11.6 Å². The second-order valence-electron chi connectivity index (χ2n) is 5.28. The minimum absolute atomic E-state index is 0.107. The molecule has 1 heterocycles. The summed E-state index contributed by atoms with van der Waals surface area (Å²) in [7, 11) is 0. The number of para-hydroxylation sites is 1. The summed E-state index contributed by atoms with van der Waals surface area (Å²) in [6.45, 7) is 0. The summed E-state index contributed by atoms with van der Waals surface area (Å²) in [5.74, 6) is -1.60. The highest BCUT2D eigenvalue weighted by molar-refractivity contribution is 6.31. The molecule has 1 aromatic heterocycles. The molecule has 0 fully saturated rings. The number of rotatable bonds is 4. The Bertz CT molecular complexity index is 957. The van der Waals surface area contributed by atoms with Gasteiger partial charge in [-0.3, -0.25) is 14.6 Å². The molecule has 3 aromatic rings. The van der Waals surface area contributed by atoms with E-state index in [1.54, 1.807) is 24.4 Å². The maximum absolute atomic E-state index is 13.1. The fraction of sp³-hybridized carbons (Fsp3) is 0.0556. The summed E-state index contributed by atoms with van der Waals surface area (Å²) in [5.41, 5.74) is 1.49. The van der Waals surface area contributed by atoms with Crippen molar-refractivity contribution < 1.29 is 14.0 Å². The smallest absolute Gasteiger partial charge is 0.233 e. The normalized spacial score (nSPS) is 10.5. The van der Waals surface area contributed by atoms with Crippen molar-refractivity contribution in [3.63, 3.8) is 0 Å². The number of carbonyl (C=O) groups excluding carboxylic acids is 2. The number of fused-ring (bicyclic) bond motifs is 1. The van der Waals surface area contributed by atoms with Crippen molar-refractivity contribution in [1.82, 2.24) is 4.98 Å². The molecule has 2 N–H and O–H groups in total. The average Bonchev–Trinajstić information content (AvgIpc) is 2.58. The van der Waals surface area contributed by atoms with Crippen LogP contribution in [0.15, 0.2) is 54.7 Å². The van der Waals surface area contributed by atoms with Gasteiger partial charge >= 0.3 is 0 Å². The Kier molecular flexibility index (Phi) is 4.90. The van der Waals surface area contributed by atoms with Gasteiger partial charge in [0.05, 0.1) is 16.2 Å². The van der Waals surface area contributed by atoms with Gasteiger partial charge in [0.2, 0.25) is 11.8 Å². The van der Waals surface area contributed by atoms with Crippen LogP contribution in [0.25, 0.3) is 10.9 Å². The third kappa shape index (κ3) is 4.10. The van der Waals surface area contributed by atoms with Crippen molar-refractivity contribution in [2.75, 3.05) is 10.6 Å². The number of nitrogens with one attached hydrogen (secondary N) is 2. The standard InChI is InChI=1S/C18H13ClFN3O2/c19-13-9-12(6-7-14(13)20)22-16(24)10-17(25)23-15-5-1-3-11-4-2-8-21-18(11)15/h1-9H,10H2,(H,22,24)(H,23,25). The summed E-state index contributed by atoms with van der Waals surface area (Å²) in [5, 5.41) is 5.94. The first-order chi connectivity index (χ1) is 12.0. The van der Waals surface area contributed by atoms with Crippen molar-refractivity contribution in [2.24, 2.45) is 0 Å². The van der Waals surface area contributed by atoms with E-state index in [1.165, 1.54) is 12.1 Å². The van der Waals surface area contributed by atoms with E-state index in [9.17, 15) is 14.0 Å². The predicted octanol–water partition coefficient (Wildman–Crippen LogP) is 3.99. The lowest BCUT2D eigenvalue weighted by Crippen LogP contribution is -2.21. The summed E-state index contributed by atoms with van der Waals surface area (Å²) < 4.78 is 13.1. The molecule has 0 radical (unpaired) electrons. The molecule has 0 spiro atoms. The minimum Gasteiger partial charge on any atom is -0.326 e. The van der Waals surface area contributed by atoms with E-state index in [4.69, 9.17) is 11.6 Å². The molecule has 0 saturated heterocycles. The first-order valence-electron chi connectivity index (χ1n) is 7.41. The molecule has 0 bridgehead atoms. The van der Waals surface area contributed by atoms with E-state index in [1.807, 2.05) is 12.1 Å². The van der Waals surface area contributed by atoms with Crippen LogP contribution < -0.4 is 10.6 Å². The molecule has 0 atom stereocenters. The Labute approximate surface area is 147 Å². The Morgan fingerprint density at radius 1 is 1.04 bits per heavy atom. The first-order valence-corrected chi connectivity index (χ1v) is 7.79. The van der Waals surface area contributed by atoms with Crippen molar-refractivity contribution in [1.29, 1.82) is 0 Å². The van der Waals surface area contributed by atoms with Gasteiger partial charge in [-0.2, -0.15) is 0 Å². The molecule has 7 heteroatoms. The van der Waals surface area contributed by atoms with E-state index >= 15 is 0 Å². The highest BCUT2D eigenvalue weighted by Crippen LogP contribution is 2.21. The first kappa shape index (κ1) is 16.9. The Morgan fingerprint density at radius 2 is 1.80 bits per heavy atom. The lowest BCUT2D eigenvalue weighted by Gasteiger charge is -2.09. The SMILES string of the molecule is O=C(CC(=O)Nc1cccc2cccnc12)Nc1ccc(F)c(Cl)c1. The van der Waals surface area contributed by atoms with Gasteiger partial charge in [-0.1, -0.05) is 29.8 Å². The van der Waals surface area contributed by atoms with Gasteiger partial charge in [0.15, 0.2) is 0 Å². The van der Waals surface area contributed by atoms with Gasteiger partial charge in [0.1, 0.15) is 12.2 Å². The van der Waals surface area contributed by atoms with Crippen LogP contribution in [0.4, 0.5) is 15.8 Å². The van der Waals surface area contributed by atoms with Gasteiger partial charge in [0, 0.05) is 17.3 Å².